The summed E-state index contributed by atoms with van der Waals surface area (Å²) < 4.78 is 10.8. The lowest BCUT2D eigenvalue weighted by molar-refractivity contribution is -0.133. The van der Waals surface area contributed by atoms with Crippen molar-refractivity contribution in [2.24, 2.45) is 0 Å². The quantitative estimate of drug-likeness (QED) is 0.819. The summed E-state index contributed by atoms with van der Waals surface area (Å²) in [5.74, 6) is -0.398. The van der Waals surface area contributed by atoms with Gasteiger partial charge in [0.15, 0.2) is 11.5 Å². The molecule has 0 atom stereocenters. The third-order valence-electron chi connectivity index (χ3n) is 3.44. The predicted octanol–water partition coefficient (Wildman–Crippen LogP) is 3.00. The first-order valence-electron chi connectivity index (χ1n) is 7.31. The van der Waals surface area contributed by atoms with Crippen molar-refractivity contribution in [3.05, 3.63) is 47.0 Å². The van der Waals surface area contributed by atoms with Gasteiger partial charge in [0, 0.05) is 22.5 Å². The Kier molecular flexibility index (Phi) is 4.57. The van der Waals surface area contributed by atoms with E-state index in [4.69, 9.17) is 21.1 Å². The summed E-state index contributed by atoms with van der Waals surface area (Å²) in [4.78, 5) is 24.1. The van der Waals surface area contributed by atoms with Gasteiger partial charge in [-0.2, -0.15) is 0 Å². The lowest BCUT2D eigenvalue weighted by Gasteiger charge is -2.19. The number of benzene rings is 2. The fraction of sp³-hybridized carbons (Fsp3) is 0.176. The molecule has 2 N–H and O–H groups in total. The van der Waals surface area contributed by atoms with Gasteiger partial charge in [0.1, 0.15) is 13.2 Å². The highest BCUT2D eigenvalue weighted by Crippen LogP contribution is 2.32. The highest BCUT2D eigenvalue weighted by Gasteiger charge is 2.17. The average molecular weight is 347 g/mol. The van der Waals surface area contributed by atoms with Crippen LogP contribution >= 0.6 is 11.6 Å². The summed E-state index contributed by atoms with van der Waals surface area (Å²) in [6.45, 7) is 2.72. The molecule has 6 nitrogen and oxygen atoms in total. The Bertz CT molecular complexity index is 807. The lowest BCUT2D eigenvalue weighted by Crippen LogP contribution is -2.29. The van der Waals surface area contributed by atoms with E-state index in [2.05, 4.69) is 10.6 Å². The van der Waals surface area contributed by atoms with Crippen LogP contribution in [0.4, 0.5) is 11.4 Å². The molecular weight excluding hydrogens is 332 g/mol. The van der Waals surface area contributed by atoms with Crippen molar-refractivity contribution in [3.63, 3.8) is 0 Å². The highest BCUT2D eigenvalue weighted by molar-refractivity contribution is 6.43. The number of hydrogen-bond acceptors (Lipinski definition) is 4. The van der Waals surface area contributed by atoms with Crippen molar-refractivity contribution in [1.82, 2.24) is 0 Å². The van der Waals surface area contributed by atoms with Crippen LogP contribution in [0.3, 0.4) is 0 Å². The number of amides is 2. The van der Waals surface area contributed by atoms with Crippen LogP contribution in [0, 0.1) is 6.92 Å². The van der Waals surface area contributed by atoms with Crippen LogP contribution < -0.4 is 20.1 Å². The summed E-state index contributed by atoms with van der Waals surface area (Å²) in [6, 6.07) is 9.94. The molecule has 0 radical (unpaired) electrons. The van der Waals surface area contributed by atoms with Gasteiger partial charge in [-0.05, 0) is 42.8 Å². The molecule has 124 valence electrons. The molecule has 7 heteroatoms. The molecule has 3 rings (SSSR count). The van der Waals surface area contributed by atoms with Gasteiger partial charge in [0.2, 0.25) is 0 Å². The molecule has 2 aromatic carbocycles. The molecule has 0 fully saturated rings. The van der Waals surface area contributed by atoms with Crippen LogP contribution in [0.2, 0.25) is 5.02 Å². The Morgan fingerprint density at radius 2 is 1.67 bits per heavy atom. The maximum Gasteiger partial charge on any atom is 0.314 e. The van der Waals surface area contributed by atoms with E-state index in [1.54, 1.807) is 43.3 Å². The zero-order chi connectivity index (χ0) is 17.1. The van der Waals surface area contributed by atoms with Gasteiger partial charge in [-0.25, -0.2) is 0 Å². The number of hydrogen-bond donors (Lipinski definition) is 2. The summed E-state index contributed by atoms with van der Waals surface area (Å²) in [5.41, 5.74) is 1.75. The molecule has 2 aromatic rings. The number of nitrogens with one attached hydrogen (secondary N) is 2. The van der Waals surface area contributed by atoms with Crippen LogP contribution in [0.1, 0.15) is 5.56 Å². The molecule has 0 aromatic heterocycles. The minimum Gasteiger partial charge on any atom is -0.486 e. The van der Waals surface area contributed by atoms with Crippen LogP contribution in [-0.4, -0.2) is 25.0 Å². The van der Waals surface area contributed by atoms with E-state index in [9.17, 15) is 9.59 Å². The fourth-order valence-corrected chi connectivity index (χ4v) is 2.48. The molecule has 24 heavy (non-hydrogen) atoms. The van der Waals surface area contributed by atoms with Gasteiger partial charge in [-0.3, -0.25) is 9.59 Å². The molecule has 0 bridgehead atoms. The Morgan fingerprint density at radius 3 is 2.42 bits per heavy atom. The molecule has 0 saturated heterocycles. The Morgan fingerprint density at radius 1 is 0.958 bits per heavy atom. The second-order valence-corrected chi connectivity index (χ2v) is 5.66. The first-order chi connectivity index (χ1) is 11.5. The molecular formula is C17H15ClN2O4. The van der Waals surface area contributed by atoms with Gasteiger partial charge in [0.25, 0.3) is 0 Å². The monoisotopic (exact) mass is 346 g/mol. The van der Waals surface area contributed by atoms with E-state index in [1.165, 1.54) is 0 Å². The molecule has 1 heterocycles. The van der Waals surface area contributed by atoms with Crippen LogP contribution in [0.25, 0.3) is 0 Å². The number of carbonyl (C=O) groups excluding carboxylic acids is 2. The van der Waals surface area contributed by atoms with E-state index in [1.807, 2.05) is 0 Å². The first kappa shape index (κ1) is 16.1. The molecule has 2 amide bonds. The average Bonchev–Trinajstić information content (AvgIpc) is 2.57. The van der Waals surface area contributed by atoms with Crippen molar-refractivity contribution in [2.45, 2.75) is 6.92 Å². The topological polar surface area (TPSA) is 76.7 Å². The van der Waals surface area contributed by atoms with Crippen LogP contribution in [-0.2, 0) is 9.59 Å². The van der Waals surface area contributed by atoms with Crippen LogP contribution in [0.15, 0.2) is 36.4 Å². The number of halogens is 1. The minimum absolute atomic E-state index is 0.445. The number of aryl methyl sites for hydroxylation is 1. The normalized spacial score (nSPS) is 12.4. The van der Waals surface area contributed by atoms with Gasteiger partial charge in [-0.15, -0.1) is 0 Å². The van der Waals surface area contributed by atoms with E-state index >= 15 is 0 Å². The maximum atomic E-state index is 12.0. The summed E-state index contributed by atoms with van der Waals surface area (Å²) >= 11 is 5.87. The zero-order valence-electron chi connectivity index (χ0n) is 12.9. The molecule has 0 aliphatic carbocycles. The van der Waals surface area contributed by atoms with Crippen molar-refractivity contribution in [3.8, 4) is 11.5 Å². The third kappa shape index (κ3) is 3.60. The molecule has 1 aliphatic rings. The number of fused-ring (bicyclic) bond motifs is 1. The van der Waals surface area contributed by atoms with Crippen molar-refractivity contribution < 1.29 is 19.1 Å². The standard InChI is InChI=1S/C17H15ClN2O4/c1-10-8-11(18)2-4-13(10)20-17(22)16(21)19-12-3-5-14-15(9-12)24-7-6-23-14/h2-5,8-9H,6-7H2,1H3,(H,19,21)(H,20,22). The summed E-state index contributed by atoms with van der Waals surface area (Å²) in [6.07, 6.45) is 0. The number of ether oxygens (including phenoxy) is 2. The summed E-state index contributed by atoms with van der Waals surface area (Å²) in [5, 5.41) is 5.65. The molecule has 0 saturated carbocycles. The van der Waals surface area contributed by atoms with E-state index in [0.29, 0.717) is 41.1 Å². The van der Waals surface area contributed by atoms with Crippen molar-refractivity contribution >= 4 is 34.8 Å². The van der Waals surface area contributed by atoms with Gasteiger partial charge in [-0.1, -0.05) is 11.6 Å². The SMILES string of the molecule is Cc1cc(Cl)ccc1NC(=O)C(=O)Nc1ccc2c(c1)OCCO2. The highest BCUT2D eigenvalue weighted by atomic mass is 35.5. The first-order valence-corrected chi connectivity index (χ1v) is 7.69. The van der Waals surface area contributed by atoms with Crippen molar-refractivity contribution in [2.75, 3.05) is 23.8 Å². The molecule has 0 spiro atoms. The zero-order valence-corrected chi connectivity index (χ0v) is 13.6. The Balaban J connectivity index is 1.67. The maximum absolute atomic E-state index is 12.0. The van der Waals surface area contributed by atoms with E-state index < -0.39 is 11.8 Å². The molecule has 0 unspecified atom stereocenters. The predicted molar refractivity (Wildman–Crippen MR) is 90.9 cm³/mol. The Hall–Kier alpha value is -2.73. The minimum atomic E-state index is -0.777. The largest absolute Gasteiger partial charge is 0.486 e. The second kappa shape index (κ2) is 6.80. The number of carbonyl (C=O) groups is 2. The number of anilines is 2. The van der Waals surface area contributed by atoms with Gasteiger partial charge in [0.05, 0.1) is 0 Å². The van der Waals surface area contributed by atoms with E-state index in [-0.39, 0.29) is 0 Å². The lowest BCUT2D eigenvalue weighted by atomic mass is 10.2. The van der Waals surface area contributed by atoms with E-state index in [0.717, 1.165) is 5.56 Å². The third-order valence-corrected chi connectivity index (χ3v) is 3.68. The second-order valence-electron chi connectivity index (χ2n) is 5.23. The smallest absolute Gasteiger partial charge is 0.314 e. The van der Waals surface area contributed by atoms with Gasteiger partial charge < -0.3 is 20.1 Å². The summed E-state index contributed by atoms with van der Waals surface area (Å²) in [7, 11) is 0. The Labute approximate surface area is 143 Å². The van der Waals surface area contributed by atoms with Crippen LogP contribution in [0.5, 0.6) is 11.5 Å². The van der Waals surface area contributed by atoms with Crippen molar-refractivity contribution in [1.29, 1.82) is 0 Å². The molecule has 1 aliphatic heterocycles. The fourth-order valence-electron chi connectivity index (χ4n) is 2.26. The van der Waals surface area contributed by atoms with Gasteiger partial charge >= 0.3 is 11.8 Å². The number of rotatable bonds is 2.